The molecule has 1 saturated heterocycles. The number of halogens is 1. The van der Waals surface area contributed by atoms with Gasteiger partial charge in [-0.3, -0.25) is 0 Å². The molecule has 1 aliphatic heterocycles. The van der Waals surface area contributed by atoms with Crippen LogP contribution in [0.5, 0.6) is 5.75 Å². The number of hydrogen-bond donors (Lipinski definition) is 1. The average molecular weight is 280 g/mol. The van der Waals surface area contributed by atoms with Crippen LogP contribution < -0.4 is 10.1 Å². The third-order valence-corrected chi connectivity index (χ3v) is 3.42. The highest BCUT2D eigenvalue weighted by molar-refractivity contribution is 5.88. The topological polar surface area (TPSA) is 30.5 Å². The molecule has 0 amide bonds. The molecular weight excluding hydrogens is 262 g/mol. The highest BCUT2D eigenvalue weighted by Crippen LogP contribution is 2.33. The first-order valence-electron chi connectivity index (χ1n) is 6.27. The Balaban J connectivity index is 0.00000133. The van der Waals surface area contributed by atoms with E-state index >= 15 is 0 Å². The number of rotatable bonds is 2. The Morgan fingerprint density at radius 2 is 2.05 bits per heavy atom. The van der Waals surface area contributed by atoms with Gasteiger partial charge in [0.1, 0.15) is 5.75 Å². The second-order valence-electron chi connectivity index (χ2n) is 4.48. The Hall–Kier alpha value is -1.29. The van der Waals surface area contributed by atoms with E-state index in [9.17, 15) is 0 Å². The minimum absolute atomic E-state index is 0. The van der Waals surface area contributed by atoms with Crippen molar-refractivity contribution in [2.45, 2.75) is 6.04 Å². The number of hydrogen-bond acceptors (Lipinski definition) is 3. The van der Waals surface area contributed by atoms with Crippen LogP contribution in [0.3, 0.4) is 0 Å². The monoisotopic (exact) mass is 279 g/mol. The molecule has 1 atom stereocenters. The molecule has 4 heteroatoms. The largest absolute Gasteiger partial charge is 0.496 e. The number of ether oxygens (including phenoxy) is 2. The molecule has 1 N–H and O–H groups in total. The zero-order chi connectivity index (χ0) is 12.4. The number of nitrogens with one attached hydrogen (secondary N) is 1. The quantitative estimate of drug-likeness (QED) is 0.917. The van der Waals surface area contributed by atoms with E-state index in [2.05, 4.69) is 35.6 Å². The fourth-order valence-electron chi connectivity index (χ4n) is 2.56. The van der Waals surface area contributed by atoms with Crippen LogP contribution in [0.25, 0.3) is 10.8 Å². The predicted molar refractivity (Wildman–Crippen MR) is 79.3 cm³/mol. The molecule has 3 nitrogen and oxygen atoms in total. The number of methoxy groups -OCH3 is 1. The zero-order valence-corrected chi connectivity index (χ0v) is 11.7. The minimum Gasteiger partial charge on any atom is -0.496 e. The van der Waals surface area contributed by atoms with Gasteiger partial charge < -0.3 is 14.8 Å². The second-order valence-corrected chi connectivity index (χ2v) is 4.48. The van der Waals surface area contributed by atoms with E-state index in [1.807, 2.05) is 6.07 Å². The maximum Gasteiger partial charge on any atom is 0.124 e. The van der Waals surface area contributed by atoms with Crippen molar-refractivity contribution in [2.75, 3.05) is 26.9 Å². The highest BCUT2D eigenvalue weighted by atomic mass is 35.5. The summed E-state index contributed by atoms with van der Waals surface area (Å²) in [6, 6.07) is 12.7. The lowest BCUT2D eigenvalue weighted by atomic mass is 9.97. The third kappa shape index (κ3) is 2.68. The first-order chi connectivity index (χ1) is 8.90. The van der Waals surface area contributed by atoms with Gasteiger partial charge in [-0.25, -0.2) is 0 Å². The van der Waals surface area contributed by atoms with Gasteiger partial charge in [-0.15, -0.1) is 12.4 Å². The van der Waals surface area contributed by atoms with Gasteiger partial charge in [-0.05, 0) is 16.8 Å². The Kier molecular flexibility index (Phi) is 4.64. The number of morpholine rings is 1. The molecule has 0 aromatic heterocycles. The smallest absolute Gasteiger partial charge is 0.124 e. The van der Waals surface area contributed by atoms with Crippen molar-refractivity contribution < 1.29 is 9.47 Å². The van der Waals surface area contributed by atoms with E-state index in [0.29, 0.717) is 6.61 Å². The summed E-state index contributed by atoms with van der Waals surface area (Å²) in [5, 5.41) is 5.97. The molecule has 0 radical (unpaired) electrons. The fraction of sp³-hybridized carbons (Fsp3) is 0.333. The van der Waals surface area contributed by atoms with Gasteiger partial charge in [-0.2, -0.15) is 0 Å². The molecule has 3 rings (SSSR count). The molecule has 1 aliphatic rings. The first kappa shape index (κ1) is 14.1. The van der Waals surface area contributed by atoms with E-state index in [0.717, 1.165) is 18.9 Å². The minimum atomic E-state index is 0. The summed E-state index contributed by atoms with van der Waals surface area (Å²) in [7, 11) is 1.72. The molecular formula is C15H18ClNO2. The Morgan fingerprint density at radius 3 is 2.79 bits per heavy atom. The van der Waals surface area contributed by atoms with Crippen molar-refractivity contribution in [2.24, 2.45) is 0 Å². The van der Waals surface area contributed by atoms with Crippen LogP contribution in [0.15, 0.2) is 36.4 Å². The van der Waals surface area contributed by atoms with E-state index in [1.165, 1.54) is 16.3 Å². The molecule has 0 aliphatic carbocycles. The Labute approximate surface area is 119 Å². The van der Waals surface area contributed by atoms with Crippen molar-refractivity contribution in [1.82, 2.24) is 5.32 Å². The van der Waals surface area contributed by atoms with Gasteiger partial charge in [-0.1, -0.05) is 30.3 Å². The molecule has 0 spiro atoms. The predicted octanol–water partition coefficient (Wildman–Crippen LogP) is 2.93. The number of fused-ring (bicyclic) bond motifs is 1. The summed E-state index contributed by atoms with van der Waals surface area (Å²) >= 11 is 0. The molecule has 0 bridgehead atoms. The van der Waals surface area contributed by atoms with Crippen molar-refractivity contribution in [3.63, 3.8) is 0 Å². The van der Waals surface area contributed by atoms with Gasteiger partial charge in [0.15, 0.2) is 0 Å². The molecule has 2 aromatic carbocycles. The molecule has 102 valence electrons. The summed E-state index contributed by atoms with van der Waals surface area (Å²) in [5.74, 6) is 0.928. The lowest BCUT2D eigenvalue weighted by molar-refractivity contribution is 0.0765. The van der Waals surface area contributed by atoms with Gasteiger partial charge in [0.2, 0.25) is 0 Å². The van der Waals surface area contributed by atoms with E-state index < -0.39 is 0 Å². The maximum absolute atomic E-state index is 5.57. The van der Waals surface area contributed by atoms with Gasteiger partial charge in [0.05, 0.1) is 26.4 Å². The molecule has 0 saturated carbocycles. The summed E-state index contributed by atoms with van der Waals surface area (Å²) < 4.78 is 11.1. The van der Waals surface area contributed by atoms with Crippen LogP contribution in [0.2, 0.25) is 0 Å². The zero-order valence-electron chi connectivity index (χ0n) is 10.9. The Bertz CT molecular complexity index is 553. The fourth-order valence-corrected chi connectivity index (χ4v) is 2.56. The lowest BCUT2D eigenvalue weighted by Crippen LogP contribution is -2.34. The highest BCUT2D eigenvalue weighted by Gasteiger charge is 2.21. The standard InChI is InChI=1S/C15H17NO2.ClH/c1-17-14-7-6-11-4-2-3-5-12(11)15(14)13-10-18-9-8-16-13;/h2-7,13,16H,8-10H2,1H3;1H/t13-;/m0./s1. The molecule has 2 aromatic rings. The van der Waals surface area contributed by atoms with E-state index in [4.69, 9.17) is 9.47 Å². The lowest BCUT2D eigenvalue weighted by Gasteiger charge is -2.26. The summed E-state index contributed by atoms with van der Waals surface area (Å²) in [4.78, 5) is 0. The Morgan fingerprint density at radius 1 is 1.21 bits per heavy atom. The first-order valence-corrected chi connectivity index (χ1v) is 6.27. The van der Waals surface area contributed by atoms with Gasteiger partial charge >= 0.3 is 0 Å². The van der Waals surface area contributed by atoms with Crippen molar-refractivity contribution in [3.05, 3.63) is 42.0 Å². The summed E-state index contributed by atoms with van der Waals surface area (Å²) in [5.41, 5.74) is 1.20. The summed E-state index contributed by atoms with van der Waals surface area (Å²) in [6.07, 6.45) is 0. The molecule has 1 fully saturated rings. The van der Waals surface area contributed by atoms with Crippen LogP contribution in [-0.2, 0) is 4.74 Å². The second kappa shape index (κ2) is 6.24. The molecule has 0 unspecified atom stereocenters. The van der Waals surface area contributed by atoms with Crippen molar-refractivity contribution in [1.29, 1.82) is 0 Å². The van der Waals surface area contributed by atoms with Crippen LogP contribution in [0, 0.1) is 0 Å². The van der Waals surface area contributed by atoms with Crippen LogP contribution >= 0.6 is 12.4 Å². The van der Waals surface area contributed by atoms with Gasteiger partial charge in [0, 0.05) is 12.1 Å². The van der Waals surface area contributed by atoms with E-state index in [1.54, 1.807) is 7.11 Å². The average Bonchev–Trinajstić information content (AvgIpc) is 2.47. The molecule has 1 heterocycles. The van der Waals surface area contributed by atoms with Crippen LogP contribution in [-0.4, -0.2) is 26.9 Å². The maximum atomic E-state index is 5.57. The number of benzene rings is 2. The molecule has 19 heavy (non-hydrogen) atoms. The third-order valence-electron chi connectivity index (χ3n) is 3.42. The summed E-state index contributed by atoms with van der Waals surface area (Å²) in [6.45, 7) is 2.37. The normalized spacial score (nSPS) is 18.9. The van der Waals surface area contributed by atoms with Crippen LogP contribution in [0.1, 0.15) is 11.6 Å². The SMILES string of the molecule is COc1ccc2ccccc2c1[C@@H]1COCCN1.Cl. The van der Waals surface area contributed by atoms with Gasteiger partial charge in [0.25, 0.3) is 0 Å². The van der Waals surface area contributed by atoms with Crippen LogP contribution in [0.4, 0.5) is 0 Å². The van der Waals surface area contributed by atoms with Crippen molar-refractivity contribution in [3.8, 4) is 5.75 Å². The van der Waals surface area contributed by atoms with Crippen molar-refractivity contribution >= 4 is 23.2 Å². The van der Waals surface area contributed by atoms with E-state index in [-0.39, 0.29) is 18.4 Å².